The lowest BCUT2D eigenvalue weighted by Gasteiger charge is -2.21. The molecule has 2 aliphatic carbocycles. The lowest BCUT2D eigenvalue weighted by molar-refractivity contribution is -0.138. The average molecular weight is 367 g/mol. The van der Waals surface area contributed by atoms with Crippen molar-refractivity contribution in [1.82, 2.24) is 4.57 Å². The van der Waals surface area contributed by atoms with Crippen LogP contribution in [-0.4, -0.2) is 49.4 Å². The molecule has 1 saturated carbocycles. The maximum Gasteiger partial charge on any atom is 0.330 e. The molecule has 0 aliphatic heterocycles. The van der Waals surface area contributed by atoms with E-state index in [4.69, 9.17) is 9.84 Å². The fourth-order valence-corrected chi connectivity index (χ4v) is 5.37. The highest BCUT2D eigenvalue weighted by Gasteiger charge is 2.49. The van der Waals surface area contributed by atoms with Gasteiger partial charge in [0.05, 0.1) is 13.0 Å². The van der Waals surface area contributed by atoms with Crippen LogP contribution in [-0.2, 0) is 20.9 Å². The predicted octanol–water partition coefficient (Wildman–Crippen LogP) is 2.18. The first-order chi connectivity index (χ1) is 11.9. The molecule has 8 heteroatoms. The summed E-state index contributed by atoms with van der Waals surface area (Å²) < 4.78 is 6.29. The van der Waals surface area contributed by atoms with Gasteiger partial charge in [-0.1, -0.05) is 6.58 Å². The van der Waals surface area contributed by atoms with Gasteiger partial charge in [0, 0.05) is 34.1 Å². The highest BCUT2D eigenvalue weighted by atomic mass is 32.2. The third kappa shape index (κ3) is 3.22. The number of fused-ring (bicyclic) bond motifs is 5. The summed E-state index contributed by atoms with van der Waals surface area (Å²) in [4.78, 5) is 21.8. The van der Waals surface area contributed by atoms with Crippen LogP contribution in [0.3, 0.4) is 0 Å². The zero-order valence-electron chi connectivity index (χ0n) is 13.7. The van der Waals surface area contributed by atoms with Gasteiger partial charge in [-0.25, -0.2) is 4.79 Å². The Morgan fingerprint density at radius 3 is 2.68 bits per heavy atom. The van der Waals surface area contributed by atoms with E-state index in [0.29, 0.717) is 5.75 Å². The quantitative estimate of drug-likeness (QED) is 0.477. The number of ether oxygens (including phenoxy) is 1. The molecule has 1 fully saturated rings. The Bertz CT molecular complexity index is 712. The first-order valence-electron chi connectivity index (χ1n) is 8.20. The highest BCUT2D eigenvalue weighted by molar-refractivity contribution is 8.00. The van der Waals surface area contributed by atoms with Crippen LogP contribution in [0.4, 0.5) is 0 Å². The highest BCUT2D eigenvalue weighted by Crippen LogP contribution is 2.62. The molecule has 1 aromatic heterocycles. The van der Waals surface area contributed by atoms with Gasteiger partial charge >= 0.3 is 11.9 Å². The van der Waals surface area contributed by atoms with E-state index < -0.39 is 11.9 Å². The SMILES string of the molecule is C=CC(=O)OCCn1c(O)c2c(c1O)C1CC2CC1SCCC(=O)O. The Morgan fingerprint density at radius 2 is 2.00 bits per heavy atom. The molecule has 0 spiro atoms. The molecule has 3 atom stereocenters. The van der Waals surface area contributed by atoms with E-state index >= 15 is 0 Å². The summed E-state index contributed by atoms with van der Waals surface area (Å²) in [5.74, 6) is -0.428. The number of carbonyl (C=O) groups excluding carboxylic acids is 1. The number of aromatic hydroxyl groups is 2. The van der Waals surface area contributed by atoms with Crippen molar-refractivity contribution in [2.45, 2.75) is 42.9 Å². The van der Waals surface area contributed by atoms with Crippen molar-refractivity contribution in [3.05, 3.63) is 23.8 Å². The van der Waals surface area contributed by atoms with Gasteiger partial charge in [0.25, 0.3) is 0 Å². The second-order valence-corrected chi connectivity index (χ2v) is 7.67. The molecule has 3 N–H and O–H groups in total. The first-order valence-corrected chi connectivity index (χ1v) is 9.25. The van der Waals surface area contributed by atoms with Crippen molar-refractivity contribution >= 4 is 23.7 Å². The Hall–Kier alpha value is -2.09. The van der Waals surface area contributed by atoms with Gasteiger partial charge in [0.2, 0.25) is 0 Å². The molecule has 0 amide bonds. The fraction of sp³-hybridized carbons (Fsp3) is 0.529. The monoisotopic (exact) mass is 367 g/mol. The minimum absolute atomic E-state index is 0.0261. The topological polar surface area (TPSA) is 109 Å². The molecule has 1 heterocycles. The number of hydrogen-bond acceptors (Lipinski definition) is 6. The lowest BCUT2D eigenvalue weighted by Crippen LogP contribution is -2.13. The number of hydrogen-bond donors (Lipinski definition) is 3. The van der Waals surface area contributed by atoms with E-state index in [9.17, 15) is 19.8 Å². The number of esters is 1. The van der Waals surface area contributed by atoms with Crippen LogP contribution in [0.15, 0.2) is 12.7 Å². The lowest BCUT2D eigenvalue weighted by atomic mass is 9.94. The summed E-state index contributed by atoms with van der Waals surface area (Å²) in [7, 11) is 0. The second kappa shape index (κ2) is 7.03. The maximum absolute atomic E-state index is 11.1. The van der Waals surface area contributed by atoms with Crippen LogP contribution in [0.2, 0.25) is 0 Å². The Balaban J connectivity index is 1.71. The molecule has 0 saturated heterocycles. The van der Waals surface area contributed by atoms with Gasteiger partial charge in [-0.05, 0) is 18.8 Å². The number of carbonyl (C=O) groups is 2. The van der Waals surface area contributed by atoms with E-state index in [0.717, 1.165) is 30.0 Å². The van der Waals surface area contributed by atoms with Gasteiger partial charge in [-0.15, -0.1) is 0 Å². The summed E-state index contributed by atoms with van der Waals surface area (Å²) in [5, 5.41) is 30.0. The Labute approximate surface area is 149 Å². The number of nitrogens with zero attached hydrogens (tertiary/aromatic N) is 1. The van der Waals surface area contributed by atoms with E-state index in [1.807, 2.05) is 0 Å². The normalized spacial score (nSPS) is 23.4. The number of carboxylic acid groups (broad SMARTS) is 1. The van der Waals surface area contributed by atoms with Crippen molar-refractivity contribution in [2.75, 3.05) is 12.4 Å². The average Bonchev–Trinajstić information content (AvgIpc) is 3.21. The third-order valence-electron chi connectivity index (χ3n) is 4.94. The van der Waals surface area contributed by atoms with E-state index in [-0.39, 0.29) is 48.4 Å². The molecule has 2 aliphatic rings. The van der Waals surface area contributed by atoms with Crippen LogP contribution < -0.4 is 0 Å². The second-order valence-electron chi connectivity index (χ2n) is 6.33. The molecule has 0 radical (unpaired) electrons. The minimum Gasteiger partial charge on any atom is -0.494 e. The van der Waals surface area contributed by atoms with Crippen molar-refractivity contribution < 1.29 is 29.6 Å². The first kappa shape index (κ1) is 17.7. The number of thioether (sulfide) groups is 1. The number of rotatable bonds is 8. The van der Waals surface area contributed by atoms with Crippen molar-refractivity contribution in [3.63, 3.8) is 0 Å². The molecule has 136 valence electrons. The molecule has 0 aromatic carbocycles. The van der Waals surface area contributed by atoms with Crippen LogP contribution in [0.5, 0.6) is 11.8 Å². The number of aliphatic carboxylic acids is 1. The molecular formula is C17H21NO6S. The largest absolute Gasteiger partial charge is 0.494 e. The van der Waals surface area contributed by atoms with Crippen LogP contribution >= 0.6 is 11.8 Å². The van der Waals surface area contributed by atoms with E-state index in [2.05, 4.69) is 6.58 Å². The van der Waals surface area contributed by atoms with E-state index in [1.54, 1.807) is 11.8 Å². The summed E-state index contributed by atoms with van der Waals surface area (Å²) in [5.41, 5.74) is 1.57. The third-order valence-corrected chi connectivity index (χ3v) is 6.33. The van der Waals surface area contributed by atoms with Gasteiger partial charge in [0.15, 0.2) is 11.8 Å². The zero-order valence-corrected chi connectivity index (χ0v) is 14.5. The van der Waals surface area contributed by atoms with Crippen LogP contribution in [0.1, 0.15) is 42.2 Å². The Morgan fingerprint density at radius 1 is 1.28 bits per heavy atom. The molecule has 7 nitrogen and oxygen atoms in total. The van der Waals surface area contributed by atoms with Gasteiger partial charge < -0.3 is 20.1 Å². The van der Waals surface area contributed by atoms with Gasteiger partial charge in [-0.2, -0.15) is 11.8 Å². The summed E-state index contributed by atoms with van der Waals surface area (Å²) in [6.07, 6.45) is 2.94. The minimum atomic E-state index is -0.808. The summed E-state index contributed by atoms with van der Waals surface area (Å²) in [6, 6.07) is 0. The molecule has 25 heavy (non-hydrogen) atoms. The smallest absolute Gasteiger partial charge is 0.330 e. The molecule has 2 bridgehead atoms. The summed E-state index contributed by atoms with van der Waals surface area (Å²) >= 11 is 1.62. The molecule has 3 unspecified atom stereocenters. The van der Waals surface area contributed by atoms with Crippen LogP contribution in [0, 0.1) is 0 Å². The van der Waals surface area contributed by atoms with Crippen molar-refractivity contribution in [2.24, 2.45) is 0 Å². The maximum atomic E-state index is 11.1. The number of aromatic nitrogens is 1. The molecule has 3 rings (SSSR count). The fourth-order valence-electron chi connectivity index (χ4n) is 3.93. The molecular weight excluding hydrogens is 346 g/mol. The van der Waals surface area contributed by atoms with Crippen molar-refractivity contribution in [1.29, 1.82) is 0 Å². The Kier molecular flexibility index (Phi) is 4.99. The van der Waals surface area contributed by atoms with Crippen LogP contribution in [0.25, 0.3) is 0 Å². The summed E-state index contributed by atoms with van der Waals surface area (Å²) in [6.45, 7) is 3.52. The predicted molar refractivity (Wildman–Crippen MR) is 92.1 cm³/mol. The van der Waals surface area contributed by atoms with Gasteiger partial charge in [-0.3, -0.25) is 9.36 Å². The van der Waals surface area contributed by atoms with E-state index in [1.165, 1.54) is 4.57 Å². The standard InChI is InChI=1S/C17H21NO6S/c1-2-13(21)24-5-4-18-16(22)14-9-7-10(15(14)17(18)23)11(8-9)25-6-3-12(19)20/h2,9-11,22-23H,1,3-8H2,(H,19,20). The zero-order chi connectivity index (χ0) is 18.1. The van der Waals surface area contributed by atoms with Crippen molar-refractivity contribution in [3.8, 4) is 11.8 Å². The number of carboxylic acids is 1. The molecule has 1 aromatic rings. The van der Waals surface area contributed by atoms with Gasteiger partial charge in [0.1, 0.15) is 6.61 Å².